The highest BCUT2D eigenvalue weighted by molar-refractivity contribution is 6.04. The highest BCUT2D eigenvalue weighted by atomic mass is 16.5. The van der Waals surface area contributed by atoms with Gasteiger partial charge in [0.1, 0.15) is 18.1 Å². The Kier molecular flexibility index (Phi) is 7.21. The van der Waals surface area contributed by atoms with Gasteiger partial charge in [0.05, 0.1) is 13.2 Å². The van der Waals surface area contributed by atoms with E-state index in [2.05, 4.69) is 15.8 Å². The van der Waals surface area contributed by atoms with E-state index in [1.54, 1.807) is 61.7 Å². The smallest absolute Gasteiger partial charge is 0.273 e. The molecule has 1 aliphatic rings. The molecule has 1 aliphatic heterocycles. The number of benzene rings is 2. The molecule has 9 nitrogen and oxygen atoms in total. The summed E-state index contributed by atoms with van der Waals surface area (Å²) in [6, 6.07) is 15.3. The van der Waals surface area contributed by atoms with Crippen LogP contribution < -0.4 is 20.1 Å². The summed E-state index contributed by atoms with van der Waals surface area (Å²) < 4.78 is 21.5. The maximum atomic E-state index is 12.3. The molecule has 1 unspecified atom stereocenters. The minimum absolute atomic E-state index is 0.0626. The maximum Gasteiger partial charge on any atom is 0.273 e. The molecular weight excluding hydrogens is 426 g/mol. The first-order valence-electron chi connectivity index (χ1n) is 10.6. The molecule has 1 atom stereocenters. The van der Waals surface area contributed by atoms with E-state index in [1.165, 1.54) is 0 Å². The molecule has 0 bridgehead atoms. The summed E-state index contributed by atoms with van der Waals surface area (Å²) in [6.07, 6.45) is 2.03. The van der Waals surface area contributed by atoms with Crippen LogP contribution >= 0.6 is 0 Å². The Balaban J connectivity index is 1.24. The molecule has 4 rings (SSSR count). The van der Waals surface area contributed by atoms with E-state index >= 15 is 0 Å². The number of carbonyl (C=O) groups excluding carboxylic acids is 2. The van der Waals surface area contributed by atoms with Crippen LogP contribution in [0.25, 0.3) is 0 Å². The van der Waals surface area contributed by atoms with Gasteiger partial charge in [0.25, 0.3) is 11.8 Å². The minimum atomic E-state index is -0.308. The Labute approximate surface area is 191 Å². The van der Waals surface area contributed by atoms with E-state index in [9.17, 15) is 9.59 Å². The lowest BCUT2D eigenvalue weighted by Gasteiger charge is -2.09. The van der Waals surface area contributed by atoms with Crippen molar-refractivity contribution in [2.45, 2.75) is 25.6 Å². The molecule has 2 amide bonds. The first kappa shape index (κ1) is 22.3. The summed E-state index contributed by atoms with van der Waals surface area (Å²) in [5.74, 6) is 1.16. The van der Waals surface area contributed by atoms with Gasteiger partial charge in [-0.1, -0.05) is 5.16 Å². The number of hydrogen-bond acceptors (Lipinski definition) is 7. The van der Waals surface area contributed by atoms with Crippen LogP contribution in [-0.4, -0.2) is 43.3 Å². The van der Waals surface area contributed by atoms with Crippen molar-refractivity contribution in [2.75, 3.05) is 25.6 Å². The maximum absolute atomic E-state index is 12.3. The number of amides is 2. The molecule has 1 saturated heterocycles. The van der Waals surface area contributed by atoms with Gasteiger partial charge in [0.15, 0.2) is 11.5 Å². The van der Waals surface area contributed by atoms with Crippen LogP contribution in [0, 0.1) is 0 Å². The predicted octanol–water partition coefficient (Wildman–Crippen LogP) is 3.42. The Morgan fingerprint density at radius 2 is 1.82 bits per heavy atom. The van der Waals surface area contributed by atoms with E-state index in [-0.39, 0.29) is 30.2 Å². The second-order valence-corrected chi connectivity index (χ2v) is 7.52. The van der Waals surface area contributed by atoms with Crippen molar-refractivity contribution in [1.29, 1.82) is 0 Å². The number of rotatable bonds is 9. The minimum Gasteiger partial charge on any atom is -0.497 e. The van der Waals surface area contributed by atoms with E-state index in [0.29, 0.717) is 35.1 Å². The van der Waals surface area contributed by atoms with Crippen LogP contribution in [0.1, 0.15) is 39.4 Å². The van der Waals surface area contributed by atoms with Crippen molar-refractivity contribution >= 4 is 17.5 Å². The second-order valence-electron chi connectivity index (χ2n) is 7.52. The molecule has 3 aromatic rings. The number of methoxy groups -OCH3 is 1. The van der Waals surface area contributed by atoms with Gasteiger partial charge in [-0.15, -0.1) is 0 Å². The highest BCUT2D eigenvalue weighted by Crippen LogP contribution is 2.19. The third-order valence-corrected chi connectivity index (χ3v) is 5.15. The molecule has 2 heterocycles. The number of anilines is 1. The number of nitrogens with zero attached hydrogens (tertiary/aromatic N) is 1. The zero-order valence-corrected chi connectivity index (χ0v) is 18.2. The standard InChI is InChI=1S/C24H25N3O6/c1-30-18-8-4-16(5-9-18)23(28)26-17-6-10-19(11-7-17)32-15-21-13-22(27-33-21)24(29)25-14-20-3-2-12-31-20/h4-11,13,20H,2-3,12,14-15H2,1H3,(H,25,29)(H,26,28). The summed E-state index contributed by atoms with van der Waals surface area (Å²) in [5, 5.41) is 9.42. The zero-order chi connectivity index (χ0) is 23.0. The number of carbonyl (C=O) groups is 2. The summed E-state index contributed by atoms with van der Waals surface area (Å²) in [7, 11) is 1.57. The van der Waals surface area contributed by atoms with Gasteiger partial charge < -0.3 is 29.4 Å². The largest absolute Gasteiger partial charge is 0.497 e. The summed E-state index contributed by atoms with van der Waals surface area (Å²) in [5.41, 5.74) is 1.35. The molecule has 0 aliphatic carbocycles. The van der Waals surface area contributed by atoms with Gasteiger partial charge in [0, 0.05) is 30.5 Å². The molecule has 1 fully saturated rings. The van der Waals surface area contributed by atoms with Crippen molar-refractivity contribution in [3.8, 4) is 11.5 Å². The first-order valence-corrected chi connectivity index (χ1v) is 10.6. The quantitative estimate of drug-likeness (QED) is 0.513. The van der Waals surface area contributed by atoms with Gasteiger partial charge in [-0.05, 0) is 61.4 Å². The molecule has 0 spiro atoms. The third-order valence-electron chi connectivity index (χ3n) is 5.15. The fourth-order valence-corrected chi connectivity index (χ4v) is 3.33. The fourth-order valence-electron chi connectivity index (χ4n) is 3.33. The monoisotopic (exact) mass is 451 g/mol. The van der Waals surface area contributed by atoms with E-state index in [4.69, 9.17) is 18.7 Å². The Morgan fingerprint density at radius 1 is 1.06 bits per heavy atom. The molecule has 9 heteroatoms. The van der Waals surface area contributed by atoms with Gasteiger partial charge in [-0.25, -0.2) is 0 Å². The molecule has 33 heavy (non-hydrogen) atoms. The van der Waals surface area contributed by atoms with Crippen molar-refractivity contribution in [3.63, 3.8) is 0 Å². The van der Waals surface area contributed by atoms with Gasteiger partial charge >= 0.3 is 0 Å². The van der Waals surface area contributed by atoms with Crippen molar-refractivity contribution in [3.05, 3.63) is 71.6 Å². The molecule has 172 valence electrons. The average molecular weight is 451 g/mol. The molecule has 2 N–H and O–H groups in total. The lowest BCUT2D eigenvalue weighted by atomic mass is 10.2. The number of nitrogens with one attached hydrogen (secondary N) is 2. The van der Waals surface area contributed by atoms with E-state index in [1.807, 2.05) is 0 Å². The Bertz CT molecular complexity index is 1070. The van der Waals surface area contributed by atoms with Gasteiger partial charge in [0.2, 0.25) is 0 Å². The van der Waals surface area contributed by atoms with Gasteiger partial charge in [-0.2, -0.15) is 0 Å². The summed E-state index contributed by atoms with van der Waals surface area (Å²) in [4.78, 5) is 24.5. The SMILES string of the molecule is COc1ccc(C(=O)Nc2ccc(OCc3cc(C(=O)NCC4CCCO4)no3)cc2)cc1. The lowest BCUT2D eigenvalue weighted by molar-refractivity contribution is 0.0850. The number of hydrogen-bond donors (Lipinski definition) is 2. The van der Waals surface area contributed by atoms with E-state index < -0.39 is 0 Å². The number of aromatic nitrogens is 1. The Morgan fingerprint density at radius 3 is 2.52 bits per heavy atom. The second kappa shape index (κ2) is 10.6. The van der Waals surface area contributed by atoms with Gasteiger partial charge in [-0.3, -0.25) is 9.59 Å². The lowest BCUT2D eigenvalue weighted by Crippen LogP contribution is -2.31. The van der Waals surface area contributed by atoms with Crippen molar-refractivity contribution < 1.29 is 28.3 Å². The highest BCUT2D eigenvalue weighted by Gasteiger charge is 2.18. The average Bonchev–Trinajstić information content (AvgIpc) is 3.54. The molecular formula is C24H25N3O6. The fraction of sp³-hybridized carbons (Fsp3) is 0.292. The van der Waals surface area contributed by atoms with Crippen LogP contribution in [0.2, 0.25) is 0 Å². The molecule has 1 aromatic heterocycles. The van der Waals surface area contributed by atoms with Crippen LogP contribution in [0.3, 0.4) is 0 Å². The number of ether oxygens (including phenoxy) is 3. The first-order chi connectivity index (χ1) is 16.1. The van der Waals surface area contributed by atoms with Crippen LogP contribution in [0.15, 0.2) is 59.1 Å². The molecule has 0 saturated carbocycles. The topological polar surface area (TPSA) is 112 Å². The molecule has 2 aromatic carbocycles. The normalized spacial score (nSPS) is 15.1. The van der Waals surface area contributed by atoms with Crippen molar-refractivity contribution in [2.24, 2.45) is 0 Å². The zero-order valence-electron chi connectivity index (χ0n) is 18.2. The van der Waals surface area contributed by atoms with Crippen molar-refractivity contribution in [1.82, 2.24) is 10.5 Å². The van der Waals surface area contributed by atoms with E-state index in [0.717, 1.165) is 19.4 Å². The summed E-state index contributed by atoms with van der Waals surface area (Å²) in [6.45, 7) is 1.31. The Hall–Kier alpha value is -3.85. The molecule has 0 radical (unpaired) electrons. The van der Waals surface area contributed by atoms with Crippen LogP contribution in [0.5, 0.6) is 11.5 Å². The predicted molar refractivity (Wildman–Crippen MR) is 120 cm³/mol. The summed E-state index contributed by atoms with van der Waals surface area (Å²) >= 11 is 0. The van der Waals surface area contributed by atoms with Crippen LogP contribution in [0.4, 0.5) is 5.69 Å². The third kappa shape index (κ3) is 6.11. The van der Waals surface area contributed by atoms with Crippen LogP contribution in [-0.2, 0) is 11.3 Å².